The lowest BCUT2D eigenvalue weighted by molar-refractivity contribution is -0.123. The molecule has 2 amide bonds. The molecular weight excluding hydrogens is 498 g/mol. The van der Waals surface area contributed by atoms with Crippen molar-refractivity contribution in [2.45, 2.75) is 6.61 Å². The summed E-state index contributed by atoms with van der Waals surface area (Å²) in [5.74, 6) is 0.406. The van der Waals surface area contributed by atoms with Gasteiger partial charge in [-0.3, -0.25) is 9.59 Å². The monoisotopic (exact) mass is 521 g/mol. The van der Waals surface area contributed by atoms with Gasteiger partial charge in [0.15, 0.2) is 0 Å². The summed E-state index contributed by atoms with van der Waals surface area (Å²) in [5, 5.41) is 6.49. The van der Waals surface area contributed by atoms with Gasteiger partial charge in [-0.1, -0.05) is 64.5 Å². The van der Waals surface area contributed by atoms with Crippen LogP contribution < -0.4 is 20.2 Å². The van der Waals surface area contributed by atoms with Crippen molar-refractivity contribution < 1.29 is 19.1 Å². The van der Waals surface area contributed by atoms with E-state index in [0.717, 1.165) is 15.6 Å². The molecule has 34 heavy (non-hydrogen) atoms. The van der Waals surface area contributed by atoms with E-state index in [1.54, 1.807) is 19.3 Å². The smallest absolute Gasteiger partial charge is 0.259 e. The molecule has 0 unspecified atom stereocenters. The zero-order valence-electron chi connectivity index (χ0n) is 18.5. The SMILES string of the molecule is COc1ccccc1C=CC(=O)NCC(=O)NN=Cc1cc(Br)ccc1OCc1ccccc1. The van der Waals surface area contributed by atoms with Crippen LogP contribution in [-0.4, -0.2) is 31.7 Å². The van der Waals surface area contributed by atoms with E-state index in [2.05, 4.69) is 31.8 Å². The average molecular weight is 522 g/mol. The van der Waals surface area contributed by atoms with Crippen molar-refractivity contribution in [2.75, 3.05) is 13.7 Å². The number of hydrazone groups is 1. The Balaban J connectivity index is 1.50. The number of nitrogens with one attached hydrogen (secondary N) is 2. The normalized spacial score (nSPS) is 10.9. The Bertz CT molecular complexity index is 1180. The van der Waals surface area contributed by atoms with Gasteiger partial charge >= 0.3 is 0 Å². The number of ether oxygens (including phenoxy) is 2. The summed E-state index contributed by atoms with van der Waals surface area (Å²) < 4.78 is 12.0. The molecule has 0 atom stereocenters. The van der Waals surface area contributed by atoms with Gasteiger partial charge in [0.05, 0.1) is 19.9 Å². The molecule has 8 heteroatoms. The van der Waals surface area contributed by atoms with Gasteiger partial charge in [-0.2, -0.15) is 5.10 Å². The first-order chi connectivity index (χ1) is 16.5. The fourth-order valence-electron chi connectivity index (χ4n) is 2.90. The first-order valence-electron chi connectivity index (χ1n) is 10.4. The number of para-hydroxylation sites is 1. The molecule has 0 bridgehead atoms. The standard InChI is InChI=1S/C26H24BrN3O4/c1-33-23-10-6-5-9-20(23)11-14-25(31)28-17-26(32)30-29-16-21-15-22(27)12-13-24(21)34-18-19-7-3-2-4-8-19/h2-16H,17-18H2,1H3,(H,28,31)(H,30,32). The van der Waals surface area contributed by atoms with Gasteiger partial charge in [0.1, 0.15) is 18.1 Å². The van der Waals surface area contributed by atoms with Crippen LogP contribution in [0.4, 0.5) is 0 Å². The molecule has 0 aliphatic rings. The third kappa shape index (κ3) is 7.90. The van der Waals surface area contributed by atoms with Gasteiger partial charge in [-0.05, 0) is 35.9 Å². The van der Waals surface area contributed by atoms with Gasteiger partial charge in [0.2, 0.25) is 5.91 Å². The Morgan fingerprint density at radius 1 is 0.971 bits per heavy atom. The van der Waals surface area contributed by atoms with Crippen LogP contribution in [0.5, 0.6) is 11.5 Å². The van der Waals surface area contributed by atoms with Crippen LogP contribution in [0.2, 0.25) is 0 Å². The molecule has 3 aromatic carbocycles. The quantitative estimate of drug-likeness (QED) is 0.236. The van der Waals surface area contributed by atoms with Crippen LogP contribution >= 0.6 is 15.9 Å². The van der Waals surface area contributed by atoms with Crippen molar-refractivity contribution in [3.63, 3.8) is 0 Å². The number of hydrogen-bond donors (Lipinski definition) is 2. The lowest BCUT2D eigenvalue weighted by Crippen LogP contribution is -2.34. The summed E-state index contributed by atoms with van der Waals surface area (Å²) in [6.45, 7) is 0.187. The van der Waals surface area contributed by atoms with Gasteiger partial charge in [-0.15, -0.1) is 0 Å². The largest absolute Gasteiger partial charge is 0.496 e. The molecule has 174 valence electrons. The Morgan fingerprint density at radius 2 is 1.74 bits per heavy atom. The fraction of sp³-hybridized carbons (Fsp3) is 0.115. The van der Waals surface area contributed by atoms with Gasteiger partial charge in [-0.25, -0.2) is 5.43 Å². The van der Waals surface area contributed by atoms with Crippen LogP contribution in [0.25, 0.3) is 6.08 Å². The Hall–Kier alpha value is -3.91. The minimum absolute atomic E-state index is 0.220. The highest BCUT2D eigenvalue weighted by molar-refractivity contribution is 9.10. The van der Waals surface area contributed by atoms with Crippen molar-refractivity contribution in [1.29, 1.82) is 0 Å². The third-order valence-electron chi connectivity index (χ3n) is 4.58. The van der Waals surface area contributed by atoms with E-state index in [1.165, 1.54) is 12.3 Å². The lowest BCUT2D eigenvalue weighted by Gasteiger charge is -2.09. The van der Waals surface area contributed by atoms with Gasteiger partial charge < -0.3 is 14.8 Å². The fourth-order valence-corrected chi connectivity index (χ4v) is 3.28. The average Bonchev–Trinajstić information content (AvgIpc) is 2.86. The summed E-state index contributed by atoms with van der Waals surface area (Å²) in [4.78, 5) is 24.1. The number of methoxy groups -OCH3 is 1. The number of carbonyl (C=O) groups is 2. The zero-order chi connectivity index (χ0) is 24.2. The minimum atomic E-state index is -0.461. The van der Waals surface area contributed by atoms with Crippen LogP contribution in [0.1, 0.15) is 16.7 Å². The highest BCUT2D eigenvalue weighted by atomic mass is 79.9. The first kappa shape index (κ1) is 24.7. The Kier molecular flexibility index (Phi) is 9.42. The van der Waals surface area contributed by atoms with Crippen molar-refractivity contribution in [2.24, 2.45) is 5.10 Å². The predicted molar refractivity (Wildman–Crippen MR) is 136 cm³/mol. The lowest BCUT2D eigenvalue weighted by atomic mass is 10.2. The van der Waals surface area contributed by atoms with E-state index in [0.29, 0.717) is 23.7 Å². The van der Waals surface area contributed by atoms with E-state index in [1.807, 2.05) is 66.7 Å². The first-order valence-corrected chi connectivity index (χ1v) is 11.2. The van der Waals surface area contributed by atoms with E-state index in [-0.39, 0.29) is 6.54 Å². The van der Waals surface area contributed by atoms with Crippen molar-refractivity contribution in [3.05, 3.63) is 100 Å². The zero-order valence-corrected chi connectivity index (χ0v) is 20.1. The maximum Gasteiger partial charge on any atom is 0.259 e. The summed E-state index contributed by atoms with van der Waals surface area (Å²) >= 11 is 3.43. The van der Waals surface area contributed by atoms with Gasteiger partial charge in [0.25, 0.3) is 5.91 Å². The van der Waals surface area contributed by atoms with Crippen LogP contribution in [0.3, 0.4) is 0 Å². The molecule has 0 heterocycles. The molecule has 0 saturated carbocycles. The number of halogens is 1. The minimum Gasteiger partial charge on any atom is -0.496 e. The molecule has 0 fully saturated rings. The second-order valence-corrected chi connectivity index (χ2v) is 7.96. The summed E-state index contributed by atoms with van der Waals surface area (Å²) in [6, 6.07) is 22.6. The molecule has 0 radical (unpaired) electrons. The molecular formula is C26H24BrN3O4. The van der Waals surface area contributed by atoms with E-state index in [4.69, 9.17) is 9.47 Å². The molecule has 3 aromatic rings. The summed E-state index contributed by atoms with van der Waals surface area (Å²) in [5.41, 5.74) is 4.89. The van der Waals surface area contributed by atoms with Crippen LogP contribution in [0.15, 0.2) is 88.4 Å². The van der Waals surface area contributed by atoms with Gasteiger partial charge in [0, 0.05) is 21.7 Å². The summed E-state index contributed by atoms with van der Waals surface area (Å²) in [7, 11) is 1.56. The molecule has 0 aliphatic carbocycles. The predicted octanol–water partition coefficient (Wildman–Crippen LogP) is 4.32. The number of benzene rings is 3. The molecule has 0 spiro atoms. The van der Waals surface area contributed by atoms with E-state index in [9.17, 15) is 9.59 Å². The maximum absolute atomic E-state index is 12.1. The van der Waals surface area contributed by atoms with Crippen LogP contribution in [-0.2, 0) is 16.2 Å². The molecule has 0 aliphatic heterocycles. The molecule has 2 N–H and O–H groups in total. The maximum atomic E-state index is 12.1. The van der Waals surface area contributed by atoms with E-state index < -0.39 is 11.8 Å². The number of rotatable bonds is 10. The Morgan fingerprint density at radius 3 is 2.53 bits per heavy atom. The highest BCUT2D eigenvalue weighted by Crippen LogP contribution is 2.23. The summed E-state index contributed by atoms with van der Waals surface area (Å²) in [6.07, 6.45) is 4.45. The molecule has 7 nitrogen and oxygen atoms in total. The number of carbonyl (C=O) groups excluding carboxylic acids is 2. The molecule has 0 aromatic heterocycles. The number of amides is 2. The number of nitrogens with zero attached hydrogens (tertiary/aromatic N) is 1. The number of hydrogen-bond acceptors (Lipinski definition) is 5. The Labute approximate surface area is 206 Å². The van der Waals surface area contributed by atoms with E-state index >= 15 is 0 Å². The third-order valence-corrected chi connectivity index (χ3v) is 5.07. The van der Waals surface area contributed by atoms with Crippen LogP contribution in [0, 0.1) is 0 Å². The molecule has 3 rings (SSSR count). The second kappa shape index (κ2) is 13.0. The second-order valence-electron chi connectivity index (χ2n) is 7.04. The highest BCUT2D eigenvalue weighted by Gasteiger charge is 2.06. The van der Waals surface area contributed by atoms with Crippen molar-refractivity contribution in [1.82, 2.24) is 10.7 Å². The van der Waals surface area contributed by atoms with Crippen molar-refractivity contribution in [3.8, 4) is 11.5 Å². The van der Waals surface area contributed by atoms with Crippen molar-refractivity contribution >= 4 is 40.0 Å². The molecule has 0 saturated heterocycles. The topological polar surface area (TPSA) is 89.0 Å².